The minimum absolute atomic E-state index is 0.181. The van der Waals surface area contributed by atoms with Crippen molar-refractivity contribution in [3.05, 3.63) is 35.4 Å². The summed E-state index contributed by atoms with van der Waals surface area (Å²) in [6, 6.07) is 4.85. The molecule has 0 fully saturated rings. The highest BCUT2D eigenvalue weighted by molar-refractivity contribution is 8.00. The number of rotatable bonds is 3. The van der Waals surface area contributed by atoms with Crippen LogP contribution in [0.5, 0.6) is 0 Å². The van der Waals surface area contributed by atoms with E-state index in [0.29, 0.717) is 5.75 Å². The van der Waals surface area contributed by atoms with E-state index in [-0.39, 0.29) is 11.5 Å². The van der Waals surface area contributed by atoms with Crippen molar-refractivity contribution in [3.8, 4) is 0 Å². The van der Waals surface area contributed by atoms with Crippen molar-refractivity contribution in [2.24, 2.45) is 0 Å². The molecule has 2 N–H and O–H groups in total. The summed E-state index contributed by atoms with van der Waals surface area (Å²) in [6.45, 7) is 1.85. The third kappa shape index (κ3) is 2.70. The molecule has 3 nitrogen and oxygen atoms in total. The zero-order valence-corrected chi connectivity index (χ0v) is 10.2. The zero-order chi connectivity index (χ0) is 11.5. The minimum Gasteiger partial charge on any atom is -0.396 e. The van der Waals surface area contributed by atoms with Crippen molar-refractivity contribution in [1.29, 1.82) is 0 Å². The molecule has 0 saturated carbocycles. The molecule has 0 radical (unpaired) electrons. The molecular weight excluding hydrogens is 245 g/mol. The van der Waals surface area contributed by atoms with Gasteiger partial charge in [0.25, 0.3) is 0 Å². The van der Waals surface area contributed by atoms with Crippen LogP contribution in [0.25, 0.3) is 0 Å². The van der Waals surface area contributed by atoms with Crippen LogP contribution in [0.1, 0.15) is 11.4 Å². The van der Waals surface area contributed by atoms with E-state index in [4.69, 9.17) is 5.73 Å². The highest BCUT2D eigenvalue weighted by Gasteiger charge is 2.04. The number of thioether (sulfide) groups is 1. The summed E-state index contributed by atoms with van der Waals surface area (Å²) < 4.78 is 18.1. The molecule has 1 heterocycles. The SMILES string of the molecule is Cc1nsc(SCc2ccc(N)c(F)c2)n1. The standard InChI is InChI=1S/C10H10FN3S2/c1-6-13-10(16-14-6)15-5-7-2-3-9(12)8(11)4-7/h2-4H,5,12H2,1H3. The normalized spacial score (nSPS) is 10.6. The number of nitrogens with two attached hydrogens (primary N) is 1. The van der Waals surface area contributed by atoms with Crippen molar-refractivity contribution in [3.63, 3.8) is 0 Å². The third-order valence-corrected chi connectivity index (χ3v) is 3.93. The van der Waals surface area contributed by atoms with Crippen LogP contribution >= 0.6 is 23.3 Å². The first-order valence-corrected chi connectivity index (χ1v) is 6.38. The van der Waals surface area contributed by atoms with Crippen LogP contribution in [0.4, 0.5) is 10.1 Å². The molecule has 0 amide bonds. The highest BCUT2D eigenvalue weighted by Crippen LogP contribution is 2.25. The van der Waals surface area contributed by atoms with E-state index >= 15 is 0 Å². The number of aromatic nitrogens is 2. The number of nitrogen functional groups attached to an aromatic ring is 1. The molecule has 6 heteroatoms. The number of hydrogen-bond acceptors (Lipinski definition) is 5. The Morgan fingerprint density at radius 2 is 2.31 bits per heavy atom. The van der Waals surface area contributed by atoms with Crippen molar-refractivity contribution < 1.29 is 4.39 Å². The summed E-state index contributed by atoms with van der Waals surface area (Å²) in [4.78, 5) is 4.22. The Labute approximate surface area is 101 Å². The monoisotopic (exact) mass is 255 g/mol. The molecule has 0 bridgehead atoms. The van der Waals surface area contributed by atoms with Crippen molar-refractivity contribution in [2.75, 3.05) is 5.73 Å². The van der Waals surface area contributed by atoms with Gasteiger partial charge < -0.3 is 5.73 Å². The Morgan fingerprint density at radius 1 is 1.50 bits per heavy atom. The Morgan fingerprint density at radius 3 is 2.94 bits per heavy atom. The largest absolute Gasteiger partial charge is 0.396 e. The zero-order valence-electron chi connectivity index (χ0n) is 8.61. The van der Waals surface area contributed by atoms with Gasteiger partial charge in [-0.15, -0.1) is 0 Å². The maximum atomic E-state index is 13.1. The van der Waals surface area contributed by atoms with E-state index in [1.807, 2.05) is 13.0 Å². The molecule has 0 saturated heterocycles. The van der Waals surface area contributed by atoms with Gasteiger partial charge in [-0.25, -0.2) is 9.37 Å². The van der Waals surface area contributed by atoms with Gasteiger partial charge in [0.1, 0.15) is 11.6 Å². The smallest absolute Gasteiger partial charge is 0.170 e. The predicted molar refractivity (Wildman–Crippen MR) is 65.0 cm³/mol. The van der Waals surface area contributed by atoms with Crippen LogP contribution in [0.3, 0.4) is 0 Å². The van der Waals surface area contributed by atoms with Crippen LogP contribution in [-0.2, 0) is 5.75 Å². The summed E-state index contributed by atoms with van der Waals surface area (Å²) in [5, 5.41) is 0. The molecule has 1 aromatic heterocycles. The van der Waals surface area contributed by atoms with E-state index in [1.54, 1.807) is 17.8 Å². The Kier molecular flexibility index (Phi) is 3.40. The molecule has 16 heavy (non-hydrogen) atoms. The molecule has 0 atom stereocenters. The van der Waals surface area contributed by atoms with Gasteiger partial charge in [0.05, 0.1) is 5.69 Å². The summed E-state index contributed by atoms with van der Waals surface area (Å²) in [6.07, 6.45) is 0. The van der Waals surface area contributed by atoms with E-state index in [2.05, 4.69) is 9.36 Å². The number of hydrogen-bond donors (Lipinski definition) is 1. The predicted octanol–water partition coefficient (Wildman–Crippen LogP) is 2.86. The number of aryl methyl sites for hydroxylation is 1. The maximum absolute atomic E-state index is 13.1. The molecule has 0 aliphatic heterocycles. The van der Waals surface area contributed by atoms with Gasteiger partial charge in [0.15, 0.2) is 4.34 Å². The van der Waals surface area contributed by atoms with Crippen molar-refractivity contribution in [2.45, 2.75) is 17.0 Å². The Balaban J connectivity index is 2.02. The number of halogens is 1. The first-order valence-electron chi connectivity index (χ1n) is 4.62. The molecular formula is C10H10FN3S2. The number of anilines is 1. The van der Waals surface area contributed by atoms with Crippen LogP contribution in [0, 0.1) is 12.7 Å². The molecule has 84 valence electrons. The molecule has 1 aromatic carbocycles. The fraction of sp³-hybridized carbons (Fsp3) is 0.200. The lowest BCUT2D eigenvalue weighted by Crippen LogP contribution is -1.91. The summed E-state index contributed by atoms with van der Waals surface area (Å²) in [5.74, 6) is 1.08. The molecule has 2 aromatic rings. The van der Waals surface area contributed by atoms with Crippen LogP contribution in [-0.4, -0.2) is 9.36 Å². The lowest BCUT2D eigenvalue weighted by molar-refractivity contribution is 0.631. The number of benzene rings is 1. The Bertz CT molecular complexity index is 499. The average molecular weight is 255 g/mol. The van der Waals surface area contributed by atoms with Gasteiger partial charge in [-0.2, -0.15) is 4.37 Å². The maximum Gasteiger partial charge on any atom is 0.170 e. The fourth-order valence-electron chi connectivity index (χ4n) is 1.14. The second-order valence-corrected chi connectivity index (χ2v) is 5.23. The summed E-state index contributed by atoms with van der Waals surface area (Å²) in [7, 11) is 0. The minimum atomic E-state index is -0.369. The Hall–Kier alpha value is -1.14. The second-order valence-electron chi connectivity index (χ2n) is 3.25. The fourth-order valence-corrected chi connectivity index (χ4v) is 2.73. The quantitative estimate of drug-likeness (QED) is 0.677. The second kappa shape index (κ2) is 4.80. The van der Waals surface area contributed by atoms with E-state index < -0.39 is 0 Å². The van der Waals surface area contributed by atoms with Gasteiger partial charge in [-0.05, 0) is 36.2 Å². The molecule has 2 rings (SSSR count). The lowest BCUT2D eigenvalue weighted by atomic mass is 10.2. The first kappa shape index (κ1) is 11.3. The molecule has 0 aliphatic rings. The molecule has 0 spiro atoms. The van der Waals surface area contributed by atoms with Crippen molar-refractivity contribution >= 4 is 29.0 Å². The van der Waals surface area contributed by atoms with Crippen molar-refractivity contribution in [1.82, 2.24) is 9.36 Å². The van der Waals surface area contributed by atoms with E-state index in [0.717, 1.165) is 15.7 Å². The van der Waals surface area contributed by atoms with Crippen LogP contribution in [0.2, 0.25) is 0 Å². The molecule has 0 unspecified atom stereocenters. The highest BCUT2D eigenvalue weighted by atomic mass is 32.2. The van der Waals surface area contributed by atoms with E-state index in [1.165, 1.54) is 17.6 Å². The van der Waals surface area contributed by atoms with Crippen LogP contribution < -0.4 is 5.73 Å². The summed E-state index contributed by atoms with van der Waals surface area (Å²) >= 11 is 2.91. The van der Waals surface area contributed by atoms with Gasteiger partial charge in [-0.3, -0.25) is 0 Å². The first-order chi connectivity index (χ1) is 7.65. The average Bonchev–Trinajstić information content (AvgIpc) is 2.66. The van der Waals surface area contributed by atoms with E-state index in [9.17, 15) is 4.39 Å². The third-order valence-electron chi connectivity index (χ3n) is 1.94. The van der Waals surface area contributed by atoms with Gasteiger partial charge in [0.2, 0.25) is 0 Å². The lowest BCUT2D eigenvalue weighted by Gasteiger charge is -2.01. The van der Waals surface area contributed by atoms with Gasteiger partial charge in [-0.1, -0.05) is 17.8 Å². The van der Waals surface area contributed by atoms with Crippen LogP contribution in [0.15, 0.2) is 22.5 Å². The summed E-state index contributed by atoms with van der Waals surface area (Å²) in [5.41, 5.74) is 6.47. The van der Waals surface area contributed by atoms with Gasteiger partial charge >= 0.3 is 0 Å². The van der Waals surface area contributed by atoms with Gasteiger partial charge in [0, 0.05) is 5.75 Å². The number of nitrogens with zero attached hydrogens (tertiary/aromatic N) is 2. The topological polar surface area (TPSA) is 51.8 Å². The molecule has 0 aliphatic carbocycles.